The molecule has 0 bridgehead atoms. The van der Waals surface area contributed by atoms with Crippen molar-refractivity contribution in [1.29, 1.82) is 0 Å². The zero-order valence-corrected chi connectivity index (χ0v) is 16.3. The van der Waals surface area contributed by atoms with Crippen molar-refractivity contribution in [3.63, 3.8) is 0 Å². The number of carbonyl (C=O) groups is 1. The molecule has 0 aliphatic rings. The number of hydrogen-bond donors (Lipinski definition) is 1. The molecule has 0 unspecified atom stereocenters. The van der Waals surface area contributed by atoms with Gasteiger partial charge in [0.15, 0.2) is 0 Å². The van der Waals surface area contributed by atoms with E-state index in [2.05, 4.69) is 0 Å². The third-order valence-corrected chi connectivity index (χ3v) is 5.84. The minimum absolute atomic E-state index is 0.107. The summed E-state index contributed by atoms with van der Waals surface area (Å²) < 4.78 is 2.48. The number of amides is 1. The molecule has 0 atom stereocenters. The monoisotopic (exact) mass is 392 g/mol. The fourth-order valence-corrected chi connectivity index (χ4v) is 4.43. The molecule has 0 saturated heterocycles. The van der Waals surface area contributed by atoms with Gasteiger partial charge in [0.05, 0.1) is 22.4 Å². The average molecular weight is 392 g/mol. The lowest BCUT2D eigenvalue weighted by molar-refractivity contribution is 0.0733. The topological polar surface area (TPSA) is 62.0 Å². The third kappa shape index (κ3) is 3.00. The van der Waals surface area contributed by atoms with Crippen molar-refractivity contribution in [3.05, 3.63) is 76.0 Å². The van der Waals surface area contributed by atoms with Crippen molar-refractivity contribution in [2.24, 2.45) is 0 Å². The van der Waals surface area contributed by atoms with Crippen LogP contribution in [-0.4, -0.2) is 40.0 Å². The summed E-state index contributed by atoms with van der Waals surface area (Å²) >= 11 is 1.51. The van der Waals surface area contributed by atoms with Crippen molar-refractivity contribution >= 4 is 32.8 Å². The van der Waals surface area contributed by atoms with Crippen molar-refractivity contribution in [2.75, 3.05) is 19.7 Å². The first kappa shape index (κ1) is 18.4. The van der Waals surface area contributed by atoms with Crippen molar-refractivity contribution in [2.45, 2.75) is 6.92 Å². The van der Waals surface area contributed by atoms with E-state index in [1.165, 1.54) is 11.3 Å². The molecule has 1 amide bonds. The van der Waals surface area contributed by atoms with Gasteiger partial charge in [-0.2, -0.15) is 0 Å². The first-order chi connectivity index (χ1) is 13.7. The number of aliphatic hydroxyl groups excluding tert-OH is 1. The van der Waals surface area contributed by atoms with Crippen LogP contribution in [0.5, 0.6) is 0 Å². The second-order valence-corrected chi connectivity index (χ2v) is 7.41. The number of likely N-dealkylation sites (N-methyl/N-ethyl adjacent to an activating group) is 1. The van der Waals surface area contributed by atoms with E-state index in [9.17, 15) is 14.7 Å². The van der Waals surface area contributed by atoms with Crippen LogP contribution < -0.4 is 5.56 Å². The molecule has 1 aromatic carbocycles. The van der Waals surface area contributed by atoms with Gasteiger partial charge in [-0.15, -0.1) is 11.3 Å². The molecular weight excluding hydrogens is 372 g/mol. The number of fused-ring (bicyclic) bond motifs is 3. The van der Waals surface area contributed by atoms with Crippen LogP contribution in [0.3, 0.4) is 0 Å². The normalized spacial score (nSPS) is 11.2. The molecule has 3 aromatic heterocycles. The van der Waals surface area contributed by atoms with Crippen LogP contribution in [0.4, 0.5) is 0 Å². The molecule has 28 heavy (non-hydrogen) atoms. The van der Waals surface area contributed by atoms with Gasteiger partial charge in [-0.3, -0.25) is 14.0 Å². The Morgan fingerprint density at radius 1 is 1.18 bits per heavy atom. The Kier molecular flexibility index (Phi) is 4.98. The maximum atomic E-state index is 13.3. The number of thiophene rings is 1. The van der Waals surface area contributed by atoms with E-state index in [0.717, 1.165) is 15.6 Å². The number of pyridine rings is 2. The fraction of sp³-hybridized carbons (Fsp3) is 0.182. The van der Waals surface area contributed by atoms with Gasteiger partial charge >= 0.3 is 0 Å². The van der Waals surface area contributed by atoms with E-state index in [-0.39, 0.29) is 24.6 Å². The molecule has 4 rings (SSSR count). The third-order valence-electron chi connectivity index (χ3n) is 4.90. The van der Waals surface area contributed by atoms with Crippen LogP contribution >= 0.6 is 11.3 Å². The zero-order chi connectivity index (χ0) is 19.7. The smallest absolute Gasteiger partial charge is 0.263 e. The van der Waals surface area contributed by atoms with Crippen LogP contribution in [-0.2, 0) is 0 Å². The molecular formula is C22H20N2O3S. The standard InChI is InChI=1S/C22H20N2O3S/c1-2-23(11-12-25)21(26)18-14-17(15-6-4-3-5-7-15)22(27)24-10-8-16-9-13-28-20(16)19(18)24/h3-10,13-14,25H,2,11-12H2,1H3. The van der Waals surface area contributed by atoms with Crippen molar-refractivity contribution < 1.29 is 9.90 Å². The first-order valence-corrected chi connectivity index (χ1v) is 10.0. The molecule has 1 N–H and O–H groups in total. The summed E-state index contributed by atoms with van der Waals surface area (Å²) in [7, 11) is 0. The molecule has 6 heteroatoms. The lowest BCUT2D eigenvalue weighted by Gasteiger charge is -2.21. The number of rotatable bonds is 5. The summed E-state index contributed by atoms with van der Waals surface area (Å²) in [4.78, 5) is 28.2. The molecule has 4 aromatic rings. The Bertz CT molecular complexity index is 1210. The number of carbonyl (C=O) groups excluding carboxylic acids is 1. The van der Waals surface area contributed by atoms with Gasteiger partial charge in [-0.1, -0.05) is 30.3 Å². The van der Waals surface area contributed by atoms with Gasteiger partial charge in [0.2, 0.25) is 0 Å². The second-order valence-electron chi connectivity index (χ2n) is 6.49. The highest BCUT2D eigenvalue weighted by Gasteiger charge is 2.22. The first-order valence-electron chi connectivity index (χ1n) is 9.16. The molecule has 142 valence electrons. The molecule has 5 nitrogen and oxygen atoms in total. The number of benzene rings is 1. The van der Waals surface area contributed by atoms with E-state index >= 15 is 0 Å². The minimum Gasteiger partial charge on any atom is -0.395 e. The number of nitrogens with zero attached hydrogens (tertiary/aromatic N) is 2. The number of hydrogen-bond acceptors (Lipinski definition) is 4. The molecule has 0 aliphatic carbocycles. The molecule has 0 aliphatic heterocycles. The van der Waals surface area contributed by atoms with Gasteiger partial charge < -0.3 is 10.0 Å². The Hall–Kier alpha value is -2.96. The van der Waals surface area contributed by atoms with Crippen LogP contribution in [0.25, 0.3) is 26.7 Å². The van der Waals surface area contributed by atoms with Gasteiger partial charge in [-0.25, -0.2) is 0 Å². The predicted molar refractivity (Wildman–Crippen MR) is 113 cm³/mol. The molecule has 0 spiro atoms. The fourth-order valence-electron chi connectivity index (χ4n) is 3.49. The summed E-state index contributed by atoms with van der Waals surface area (Å²) in [6.45, 7) is 2.50. The summed E-state index contributed by atoms with van der Waals surface area (Å²) in [5, 5.41) is 12.3. The Labute approximate surface area is 166 Å². The molecule has 0 saturated carbocycles. The van der Waals surface area contributed by atoms with E-state index in [4.69, 9.17) is 0 Å². The maximum Gasteiger partial charge on any atom is 0.263 e. The van der Waals surface area contributed by atoms with Crippen molar-refractivity contribution in [3.8, 4) is 11.1 Å². The second kappa shape index (κ2) is 7.58. The molecule has 0 radical (unpaired) electrons. The Morgan fingerprint density at radius 3 is 2.68 bits per heavy atom. The van der Waals surface area contributed by atoms with Crippen LogP contribution in [0, 0.1) is 0 Å². The lowest BCUT2D eigenvalue weighted by Crippen LogP contribution is -2.34. The number of aromatic nitrogens is 1. The maximum absolute atomic E-state index is 13.3. The van der Waals surface area contributed by atoms with Gasteiger partial charge in [0, 0.05) is 24.8 Å². The largest absolute Gasteiger partial charge is 0.395 e. The van der Waals surface area contributed by atoms with Gasteiger partial charge in [0.25, 0.3) is 11.5 Å². The van der Waals surface area contributed by atoms with Gasteiger partial charge in [0.1, 0.15) is 0 Å². The highest BCUT2D eigenvalue weighted by molar-refractivity contribution is 7.18. The molecule has 0 fully saturated rings. The number of aliphatic hydroxyl groups is 1. The van der Waals surface area contributed by atoms with E-state index in [1.54, 1.807) is 21.6 Å². The summed E-state index contributed by atoms with van der Waals surface area (Å²) in [6.07, 6.45) is 1.73. The average Bonchev–Trinajstić information content (AvgIpc) is 3.21. The SMILES string of the molecule is CCN(CCO)C(=O)c1cc(-c2ccccc2)c(=O)n2ccc3ccsc3c12. The highest BCUT2D eigenvalue weighted by Crippen LogP contribution is 2.30. The van der Waals surface area contributed by atoms with Crippen LogP contribution in [0.2, 0.25) is 0 Å². The van der Waals surface area contributed by atoms with E-state index in [1.807, 2.05) is 54.8 Å². The van der Waals surface area contributed by atoms with Crippen LogP contribution in [0.15, 0.2) is 64.9 Å². The minimum atomic E-state index is -0.188. The molecule has 3 heterocycles. The lowest BCUT2D eigenvalue weighted by atomic mass is 10.0. The van der Waals surface area contributed by atoms with E-state index < -0.39 is 0 Å². The Morgan fingerprint density at radius 2 is 1.96 bits per heavy atom. The highest BCUT2D eigenvalue weighted by atomic mass is 32.1. The van der Waals surface area contributed by atoms with Crippen LogP contribution in [0.1, 0.15) is 17.3 Å². The summed E-state index contributed by atoms with van der Waals surface area (Å²) in [5.74, 6) is -0.188. The van der Waals surface area contributed by atoms with Crippen molar-refractivity contribution in [1.82, 2.24) is 9.30 Å². The predicted octanol–water partition coefficient (Wildman–Crippen LogP) is 3.64. The van der Waals surface area contributed by atoms with E-state index in [0.29, 0.717) is 23.2 Å². The van der Waals surface area contributed by atoms with Gasteiger partial charge in [-0.05, 0) is 41.5 Å². The summed E-state index contributed by atoms with van der Waals surface area (Å²) in [6, 6.07) is 15.0. The summed E-state index contributed by atoms with van der Waals surface area (Å²) in [5.41, 5.74) is 2.20. The zero-order valence-electron chi connectivity index (χ0n) is 15.5. The Balaban J connectivity index is 2.08. The quantitative estimate of drug-likeness (QED) is 0.564.